The standard InChI is InChI=1S/C19H24Cl2N2O2S/c1-4-6-17(13-7-8-15(20)16(21)9-13)23-18(24)10-14-11-26-19(22-14)12(3)25-5-2/h7-9,11-12,17H,4-6,10H2,1-3H3,(H,23,24). The Hall–Kier alpha value is -1.14. The lowest BCUT2D eigenvalue weighted by atomic mass is 10.0. The van der Waals surface area contributed by atoms with Gasteiger partial charge in [0.2, 0.25) is 5.91 Å². The van der Waals surface area contributed by atoms with E-state index in [-0.39, 0.29) is 24.5 Å². The van der Waals surface area contributed by atoms with Gasteiger partial charge in [-0.3, -0.25) is 4.79 Å². The summed E-state index contributed by atoms with van der Waals surface area (Å²) >= 11 is 13.6. The normalized spacial score (nSPS) is 13.4. The molecule has 1 heterocycles. The van der Waals surface area contributed by atoms with Gasteiger partial charge in [0, 0.05) is 12.0 Å². The van der Waals surface area contributed by atoms with E-state index in [0.717, 1.165) is 29.1 Å². The van der Waals surface area contributed by atoms with Crippen molar-refractivity contribution in [3.63, 3.8) is 0 Å². The molecule has 0 bridgehead atoms. The van der Waals surface area contributed by atoms with Gasteiger partial charge in [-0.25, -0.2) is 4.98 Å². The number of ether oxygens (including phenoxy) is 1. The fourth-order valence-electron chi connectivity index (χ4n) is 2.66. The molecule has 0 aliphatic rings. The van der Waals surface area contributed by atoms with Gasteiger partial charge < -0.3 is 10.1 Å². The minimum absolute atomic E-state index is 0.0501. The quantitative estimate of drug-likeness (QED) is 0.568. The predicted octanol–water partition coefficient (Wildman–Crippen LogP) is 5.75. The summed E-state index contributed by atoms with van der Waals surface area (Å²) in [4.78, 5) is 17.0. The number of hydrogen-bond acceptors (Lipinski definition) is 4. The molecule has 0 aliphatic carbocycles. The first kappa shape index (κ1) is 21.2. The summed E-state index contributed by atoms with van der Waals surface area (Å²) in [6.07, 6.45) is 1.97. The van der Waals surface area contributed by atoms with Gasteiger partial charge in [0.25, 0.3) is 0 Å². The summed E-state index contributed by atoms with van der Waals surface area (Å²) in [5, 5.41) is 6.90. The van der Waals surface area contributed by atoms with Crippen molar-refractivity contribution in [2.75, 3.05) is 6.61 Å². The van der Waals surface area contributed by atoms with Gasteiger partial charge in [-0.1, -0.05) is 42.6 Å². The predicted molar refractivity (Wildman–Crippen MR) is 108 cm³/mol. The second-order valence-electron chi connectivity index (χ2n) is 6.03. The molecular formula is C19H24Cl2N2O2S. The lowest BCUT2D eigenvalue weighted by Gasteiger charge is -2.19. The molecule has 0 spiro atoms. The molecule has 142 valence electrons. The Morgan fingerprint density at radius 2 is 2.08 bits per heavy atom. The van der Waals surface area contributed by atoms with Crippen LogP contribution in [0.3, 0.4) is 0 Å². The minimum atomic E-state index is -0.0947. The Morgan fingerprint density at radius 1 is 1.31 bits per heavy atom. The maximum Gasteiger partial charge on any atom is 0.226 e. The van der Waals surface area contributed by atoms with Crippen molar-refractivity contribution in [3.05, 3.63) is 49.9 Å². The van der Waals surface area contributed by atoms with E-state index in [4.69, 9.17) is 27.9 Å². The van der Waals surface area contributed by atoms with Crippen LogP contribution in [0.5, 0.6) is 0 Å². The SMILES string of the molecule is CCCC(NC(=O)Cc1csc(C(C)OCC)n1)c1ccc(Cl)c(Cl)c1. The van der Waals surface area contributed by atoms with Crippen LogP contribution in [0.1, 0.15) is 62.0 Å². The second-order valence-corrected chi connectivity index (χ2v) is 7.74. The molecule has 2 atom stereocenters. The van der Waals surface area contributed by atoms with Gasteiger partial charge in [0.05, 0.1) is 28.2 Å². The van der Waals surface area contributed by atoms with E-state index in [0.29, 0.717) is 16.7 Å². The zero-order valence-electron chi connectivity index (χ0n) is 15.2. The van der Waals surface area contributed by atoms with Crippen molar-refractivity contribution in [1.29, 1.82) is 0 Å². The maximum atomic E-state index is 12.5. The van der Waals surface area contributed by atoms with E-state index in [2.05, 4.69) is 17.2 Å². The van der Waals surface area contributed by atoms with Crippen molar-refractivity contribution >= 4 is 40.4 Å². The topological polar surface area (TPSA) is 51.2 Å². The molecule has 4 nitrogen and oxygen atoms in total. The number of aromatic nitrogens is 1. The van der Waals surface area contributed by atoms with Crippen LogP contribution in [-0.4, -0.2) is 17.5 Å². The monoisotopic (exact) mass is 414 g/mol. The average Bonchev–Trinajstić information content (AvgIpc) is 3.05. The number of nitrogens with one attached hydrogen (secondary N) is 1. The lowest BCUT2D eigenvalue weighted by Crippen LogP contribution is -2.30. The average molecular weight is 415 g/mol. The van der Waals surface area contributed by atoms with E-state index in [9.17, 15) is 4.79 Å². The molecule has 2 rings (SSSR count). The van der Waals surface area contributed by atoms with E-state index in [1.165, 1.54) is 11.3 Å². The summed E-state index contributed by atoms with van der Waals surface area (Å²) in [6.45, 7) is 6.64. The first-order valence-electron chi connectivity index (χ1n) is 8.74. The number of thiazole rings is 1. The number of rotatable bonds is 9. The molecule has 0 aliphatic heterocycles. The van der Waals surface area contributed by atoms with Gasteiger partial charge in [-0.15, -0.1) is 11.3 Å². The third-order valence-corrected chi connectivity index (χ3v) is 5.73. The van der Waals surface area contributed by atoms with Crippen LogP contribution in [0.15, 0.2) is 23.6 Å². The van der Waals surface area contributed by atoms with Crippen molar-refractivity contribution < 1.29 is 9.53 Å². The highest BCUT2D eigenvalue weighted by Crippen LogP contribution is 2.28. The highest BCUT2D eigenvalue weighted by molar-refractivity contribution is 7.09. The van der Waals surface area contributed by atoms with Crippen molar-refractivity contribution in [2.45, 2.75) is 52.2 Å². The molecule has 1 amide bonds. The molecule has 2 unspecified atom stereocenters. The van der Waals surface area contributed by atoms with Crippen LogP contribution in [0.4, 0.5) is 0 Å². The van der Waals surface area contributed by atoms with Crippen molar-refractivity contribution in [3.8, 4) is 0 Å². The van der Waals surface area contributed by atoms with Gasteiger partial charge in [-0.2, -0.15) is 0 Å². The third-order valence-electron chi connectivity index (χ3n) is 3.93. The van der Waals surface area contributed by atoms with Crippen LogP contribution in [-0.2, 0) is 16.0 Å². The summed E-state index contributed by atoms with van der Waals surface area (Å²) in [6, 6.07) is 5.38. The number of benzene rings is 1. The zero-order chi connectivity index (χ0) is 19.1. The number of halogens is 2. The van der Waals surface area contributed by atoms with Gasteiger partial charge >= 0.3 is 0 Å². The first-order valence-corrected chi connectivity index (χ1v) is 10.4. The Morgan fingerprint density at radius 3 is 2.73 bits per heavy atom. The Labute approximate surface area is 168 Å². The van der Waals surface area contributed by atoms with Crippen LogP contribution in [0.2, 0.25) is 10.0 Å². The number of nitrogens with zero attached hydrogens (tertiary/aromatic N) is 1. The van der Waals surface area contributed by atoms with E-state index in [1.807, 2.05) is 31.4 Å². The zero-order valence-corrected chi connectivity index (χ0v) is 17.5. The first-order chi connectivity index (χ1) is 12.4. The smallest absolute Gasteiger partial charge is 0.226 e. The molecule has 7 heteroatoms. The van der Waals surface area contributed by atoms with Crippen LogP contribution < -0.4 is 5.32 Å². The Bertz CT molecular complexity index is 736. The summed E-state index contributed by atoms with van der Waals surface area (Å²) < 4.78 is 5.55. The Kier molecular flexibility index (Phi) is 8.35. The lowest BCUT2D eigenvalue weighted by molar-refractivity contribution is -0.121. The van der Waals surface area contributed by atoms with E-state index in [1.54, 1.807) is 6.07 Å². The van der Waals surface area contributed by atoms with Gasteiger partial charge in [0.15, 0.2) is 0 Å². The largest absolute Gasteiger partial charge is 0.372 e. The molecule has 1 aromatic carbocycles. The molecule has 26 heavy (non-hydrogen) atoms. The molecule has 1 aromatic heterocycles. The summed E-state index contributed by atoms with van der Waals surface area (Å²) in [5.41, 5.74) is 1.72. The summed E-state index contributed by atoms with van der Waals surface area (Å²) in [7, 11) is 0. The van der Waals surface area contributed by atoms with Gasteiger partial charge in [0.1, 0.15) is 11.1 Å². The minimum Gasteiger partial charge on any atom is -0.372 e. The Balaban J connectivity index is 2.02. The fraction of sp³-hybridized carbons (Fsp3) is 0.474. The van der Waals surface area contributed by atoms with E-state index >= 15 is 0 Å². The summed E-state index contributed by atoms with van der Waals surface area (Å²) in [5.74, 6) is -0.0598. The molecule has 2 aromatic rings. The number of hydrogen-bond donors (Lipinski definition) is 1. The van der Waals surface area contributed by atoms with Crippen LogP contribution in [0.25, 0.3) is 0 Å². The number of carbonyl (C=O) groups is 1. The van der Waals surface area contributed by atoms with Crippen molar-refractivity contribution in [1.82, 2.24) is 10.3 Å². The fourth-order valence-corrected chi connectivity index (χ4v) is 3.79. The van der Waals surface area contributed by atoms with Gasteiger partial charge in [-0.05, 0) is 38.0 Å². The van der Waals surface area contributed by atoms with Crippen molar-refractivity contribution in [2.24, 2.45) is 0 Å². The number of amides is 1. The highest BCUT2D eigenvalue weighted by atomic mass is 35.5. The maximum absolute atomic E-state index is 12.5. The molecule has 0 saturated heterocycles. The number of carbonyl (C=O) groups excluding carboxylic acids is 1. The highest BCUT2D eigenvalue weighted by Gasteiger charge is 2.17. The third kappa shape index (κ3) is 5.95. The molecule has 0 saturated carbocycles. The molecule has 0 radical (unpaired) electrons. The molecule has 1 N–H and O–H groups in total. The van der Waals surface area contributed by atoms with E-state index < -0.39 is 0 Å². The second kappa shape index (κ2) is 10.3. The molecular weight excluding hydrogens is 391 g/mol. The molecule has 0 fully saturated rings. The van der Waals surface area contributed by atoms with Crippen LogP contribution in [0, 0.1) is 0 Å². The van der Waals surface area contributed by atoms with Crippen LogP contribution >= 0.6 is 34.5 Å².